The number of nitrogens with zero attached hydrogens (tertiary/aromatic N) is 1. The summed E-state index contributed by atoms with van der Waals surface area (Å²) in [5.74, 6) is -0.354. The number of carbonyl (C=O) groups is 1. The average Bonchev–Trinajstić information content (AvgIpc) is 2.27. The van der Waals surface area contributed by atoms with Gasteiger partial charge in [0.1, 0.15) is 0 Å². The molecule has 0 saturated carbocycles. The molecule has 5 nitrogen and oxygen atoms in total. The smallest absolute Gasteiger partial charge is 0.270 e. The summed E-state index contributed by atoms with van der Waals surface area (Å²) in [7, 11) is 0. The first-order valence-electron chi connectivity index (χ1n) is 5.27. The van der Waals surface area contributed by atoms with E-state index >= 15 is 0 Å². The summed E-state index contributed by atoms with van der Waals surface area (Å²) in [5.41, 5.74) is 1.18. The number of nitro benzene ring substituents is 1. The Morgan fingerprint density at radius 2 is 2.17 bits per heavy atom. The quantitative estimate of drug-likeness (QED) is 0.518. The van der Waals surface area contributed by atoms with Crippen LogP contribution in [0.3, 0.4) is 0 Å². The van der Waals surface area contributed by atoms with E-state index < -0.39 is 4.92 Å². The molecule has 96 valence electrons. The number of hydrogen-bond donors (Lipinski definition) is 1. The van der Waals surface area contributed by atoms with E-state index in [1.165, 1.54) is 12.1 Å². The van der Waals surface area contributed by atoms with Crippen LogP contribution in [0.25, 0.3) is 0 Å². The van der Waals surface area contributed by atoms with E-state index in [0.717, 1.165) is 11.6 Å². The zero-order valence-corrected chi connectivity index (χ0v) is 10.8. The topological polar surface area (TPSA) is 72.2 Å². The normalized spacial score (nSPS) is 9.72. The molecule has 0 radical (unpaired) electrons. The summed E-state index contributed by atoms with van der Waals surface area (Å²) < 4.78 is 0. The second-order valence-corrected chi connectivity index (χ2v) is 4.32. The summed E-state index contributed by atoms with van der Waals surface area (Å²) >= 11 is 5.83. The number of halogens is 1. The van der Waals surface area contributed by atoms with Gasteiger partial charge in [-0.05, 0) is 19.9 Å². The molecular weight excluding hydrogens is 256 g/mol. The lowest BCUT2D eigenvalue weighted by atomic mass is 10.2. The van der Waals surface area contributed by atoms with Crippen LogP contribution < -0.4 is 5.32 Å². The minimum atomic E-state index is -0.559. The molecule has 1 aromatic rings. The second-order valence-electron chi connectivity index (χ2n) is 3.91. The molecule has 6 heteroatoms. The predicted molar refractivity (Wildman–Crippen MR) is 69.9 cm³/mol. The lowest BCUT2D eigenvalue weighted by molar-refractivity contribution is -0.384. The maximum Gasteiger partial charge on any atom is 0.270 e. The largest absolute Gasteiger partial charge is 0.349 e. The zero-order valence-electron chi connectivity index (χ0n) is 10.1. The third-order valence-electron chi connectivity index (χ3n) is 2.18. The summed E-state index contributed by atoms with van der Waals surface area (Å²) in [5, 5.41) is 13.2. The van der Waals surface area contributed by atoms with Gasteiger partial charge in [-0.3, -0.25) is 14.9 Å². The number of non-ortho nitro benzene ring substituents is 1. The van der Waals surface area contributed by atoms with Gasteiger partial charge in [-0.2, -0.15) is 0 Å². The molecule has 0 aromatic heterocycles. The molecule has 0 aliphatic rings. The van der Waals surface area contributed by atoms with E-state index in [-0.39, 0.29) is 22.2 Å². The number of nitrogens with one attached hydrogen (secondary N) is 1. The predicted octanol–water partition coefficient (Wildman–Crippen LogP) is 2.94. The van der Waals surface area contributed by atoms with Crippen LogP contribution in [0, 0.1) is 10.1 Å². The monoisotopic (exact) mass is 268 g/mol. The minimum Gasteiger partial charge on any atom is -0.349 e. The molecule has 1 amide bonds. The Morgan fingerprint density at radius 1 is 1.50 bits per heavy atom. The van der Waals surface area contributed by atoms with Crippen LogP contribution in [0.2, 0.25) is 5.02 Å². The van der Waals surface area contributed by atoms with Crippen molar-refractivity contribution in [2.24, 2.45) is 0 Å². The molecule has 0 aliphatic carbocycles. The number of nitro groups is 1. The van der Waals surface area contributed by atoms with E-state index in [0.29, 0.717) is 6.54 Å². The van der Waals surface area contributed by atoms with Crippen LogP contribution in [-0.4, -0.2) is 17.4 Å². The van der Waals surface area contributed by atoms with E-state index in [2.05, 4.69) is 5.32 Å². The molecule has 0 atom stereocenters. The van der Waals surface area contributed by atoms with Crippen molar-refractivity contribution in [1.82, 2.24) is 5.32 Å². The van der Waals surface area contributed by atoms with Gasteiger partial charge in [0.15, 0.2) is 0 Å². The SMILES string of the molecule is CC(C)=CCNC(=O)c1ccc([N+](=O)[O-])cc1Cl. The minimum absolute atomic E-state index is 0.0684. The molecule has 0 saturated heterocycles. The molecule has 0 bridgehead atoms. The van der Waals surface area contributed by atoms with Crippen molar-refractivity contribution in [3.05, 3.63) is 50.5 Å². The number of amides is 1. The molecule has 1 N–H and O–H groups in total. The van der Waals surface area contributed by atoms with Gasteiger partial charge in [-0.25, -0.2) is 0 Å². The van der Waals surface area contributed by atoms with Crippen LogP contribution in [0.5, 0.6) is 0 Å². The van der Waals surface area contributed by atoms with Crippen LogP contribution >= 0.6 is 11.6 Å². The molecule has 0 aliphatic heterocycles. The van der Waals surface area contributed by atoms with Gasteiger partial charge in [-0.15, -0.1) is 0 Å². The van der Waals surface area contributed by atoms with Crippen molar-refractivity contribution in [2.75, 3.05) is 6.54 Å². The molecule has 1 rings (SSSR count). The van der Waals surface area contributed by atoms with E-state index in [1.54, 1.807) is 0 Å². The van der Waals surface area contributed by atoms with Crippen molar-refractivity contribution in [3.63, 3.8) is 0 Å². The second kappa shape index (κ2) is 6.16. The maximum atomic E-state index is 11.7. The summed E-state index contributed by atoms with van der Waals surface area (Å²) in [6.45, 7) is 4.24. The maximum absolute atomic E-state index is 11.7. The highest BCUT2D eigenvalue weighted by Crippen LogP contribution is 2.22. The van der Waals surface area contributed by atoms with Gasteiger partial charge in [0.2, 0.25) is 0 Å². The first-order chi connectivity index (χ1) is 8.41. The Labute approximate surface area is 110 Å². The van der Waals surface area contributed by atoms with Crippen molar-refractivity contribution in [2.45, 2.75) is 13.8 Å². The van der Waals surface area contributed by atoms with Crippen LogP contribution in [-0.2, 0) is 0 Å². The van der Waals surface area contributed by atoms with E-state index in [1.807, 2.05) is 19.9 Å². The highest BCUT2D eigenvalue weighted by Gasteiger charge is 2.14. The van der Waals surface area contributed by atoms with Crippen LogP contribution in [0.1, 0.15) is 24.2 Å². The Kier molecular flexibility index (Phi) is 4.85. The summed E-state index contributed by atoms with van der Waals surface area (Å²) in [6, 6.07) is 3.76. The third kappa shape index (κ3) is 3.85. The number of allylic oxidation sites excluding steroid dienone is 1. The van der Waals surface area contributed by atoms with Crippen LogP contribution in [0.15, 0.2) is 29.8 Å². The van der Waals surface area contributed by atoms with Gasteiger partial charge >= 0.3 is 0 Å². The molecule has 0 unspecified atom stereocenters. The Morgan fingerprint density at radius 3 is 2.67 bits per heavy atom. The first-order valence-corrected chi connectivity index (χ1v) is 5.65. The number of benzene rings is 1. The molecule has 0 spiro atoms. The lowest BCUT2D eigenvalue weighted by Gasteiger charge is -2.04. The van der Waals surface area contributed by atoms with Crippen molar-refractivity contribution in [1.29, 1.82) is 0 Å². The van der Waals surface area contributed by atoms with Gasteiger partial charge < -0.3 is 5.32 Å². The standard InChI is InChI=1S/C12H13ClN2O3/c1-8(2)5-6-14-12(16)10-4-3-9(15(17)18)7-11(10)13/h3-5,7H,6H2,1-2H3,(H,14,16). The summed E-state index contributed by atoms with van der Waals surface area (Å²) in [6.07, 6.45) is 1.86. The fourth-order valence-electron chi connectivity index (χ4n) is 1.24. The van der Waals surface area contributed by atoms with Crippen molar-refractivity contribution < 1.29 is 9.72 Å². The zero-order chi connectivity index (χ0) is 13.7. The first kappa shape index (κ1) is 14.2. The van der Waals surface area contributed by atoms with E-state index in [9.17, 15) is 14.9 Å². The van der Waals surface area contributed by atoms with Crippen molar-refractivity contribution in [3.8, 4) is 0 Å². The van der Waals surface area contributed by atoms with Gasteiger partial charge in [0, 0.05) is 18.7 Å². The molecule has 0 heterocycles. The van der Waals surface area contributed by atoms with Crippen LogP contribution in [0.4, 0.5) is 5.69 Å². The Balaban J connectivity index is 2.81. The average molecular weight is 269 g/mol. The fraction of sp³-hybridized carbons (Fsp3) is 0.250. The van der Waals surface area contributed by atoms with Crippen molar-refractivity contribution >= 4 is 23.2 Å². The van der Waals surface area contributed by atoms with Gasteiger partial charge in [0.25, 0.3) is 11.6 Å². The highest BCUT2D eigenvalue weighted by atomic mass is 35.5. The van der Waals surface area contributed by atoms with E-state index in [4.69, 9.17) is 11.6 Å². The third-order valence-corrected chi connectivity index (χ3v) is 2.49. The number of carbonyl (C=O) groups excluding carboxylic acids is 1. The Hall–Kier alpha value is -1.88. The number of rotatable bonds is 4. The molecule has 18 heavy (non-hydrogen) atoms. The number of hydrogen-bond acceptors (Lipinski definition) is 3. The molecular formula is C12H13ClN2O3. The fourth-order valence-corrected chi connectivity index (χ4v) is 1.51. The Bertz CT molecular complexity index is 508. The highest BCUT2D eigenvalue weighted by molar-refractivity contribution is 6.34. The van der Waals surface area contributed by atoms with Gasteiger partial charge in [0.05, 0.1) is 15.5 Å². The molecule has 1 aromatic carbocycles. The van der Waals surface area contributed by atoms with Gasteiger partial charge in [-0.1, -0.05) is 23.3 Å². The lowest BCUT2D eigenvalue weighted by Crippen LogP contribution is -2.23. The summed E-state index contributed by atoms with van der Waals surface area (Å²) in [4.78, 5) is 21.7. The molecule has 0 fully saturated rings.